The first-order chi connectivity index (χ1) is 12.0. The van der Waals surface area contributed by atoms with E-state index in [1.807, 2.05) is 54.7 Å². The number of carbonyl (C=O) groups is 1. The monoisotopic (exact) mass is 399 g/mol. The molecule has 1 atom stereocenters. The molecule has 130 valence electrons. The number of rotatable bonds is 5. The summed E-state index contributed by atoms with van der Waals surface area (Å²) in [6.07, 6.45) is 2.33. The van der Waals surface area contributed by atoms with Crippen LogP contribution in [0.5, 0.6) is 0 Å². The number of hydrogen-bond acceptors (Lipinski definition) is 2. The van der Waals surface area contributed by atoms with Crippen LogP contribution in [0, 0.1) is 5.92 Å². The van der Waals surface area contributed by atoms with Crippen LogP contribution in [0.3, 0.4) is 0 Å². The van der Waals surface area contributed by atoms with Crippen LogP contribution < -0.4 is 0 Å². The molecule has 1 fully saturated rings. The molecule has 2 aromatic rings. The summed E-state index contributed by atoms with van der Waals surface area (Å²) in [4.78, 5) is 14.3. The Morgan fingerprint density at radius 1 is 1.16 bits per heavy atom. The molecule has 0 aromatic heterocycles. The highest BCUT2D eigenvalue weighted by molar-refractivity contribution is 9.15. The number of halogens is 1. The standard InChI is InChI=1S/C21H22BrNO2/c1-16(2)21(13-17-9-5-3-6-10-17)15-25-20(24)23(21)14-19(22)18-11-7-4-8-12-18/h3-12,14,16H,13,15H2,1-2H3/b19-14-/t21-/m1/s1. The Balaban J connectivity index is 1.98. The smallest absolute Gasteiger partial charge is 0.414 e. The highest BCUT2D eigenvalue weighted by atomic mass is 79.9. The molecular weight excluding hydrogens is 378 g/mol. The molecule has 0 unspecified atom stereocenters. The van der Waals surface area contributed by atoms with Gasteiger partial charge in [-0.1, -0.05) is 74.5 Å². The van der Waals surface area contributed by atoms with E-state index in [2.05, 4.69) is 41.9 Å². The maximum absolute atomic E-state index is 12.5. The van der Waals surface area contributed by atoms with Gasteiger partial charge in [0.2, 0.25) is 0 Å². The molecule has 0 spiro atoms. The van der Waals surface area contributed by atoms with Crippen molar-refractivity contribution < 1.29 is 9.53 Å². The second-order valence-electron chi connectivity index (χ2n) is 6.69. The fourth-order valence-corrected chi connectivity index (χ4v) is 3.68. The van der Waals surface area contributed by atoms with Crippen LogP contribution in [0.15, 0.2) is 66.9 Å². The van der Waals surface area contributed by atoms with Crippen molar-refractivity contribution >= 4 is 26.5 Å². The van der Waals surface area contributed by atoms with Crippen molar-refractivity contribution in [1.29, 1.82) is 0 Å². The van der Waals surface area contributed by atoms with Crippen LogP contribution in [-0.2, 0) is 11.2 Å². The molecule has 1 saturated heterocycles. The topological polar surface area (TPSA) is 29.5 Å². The Kier molecular flexibility index (Phi) is 5.28. The van der Waals surface area contributed by atoms with E-state index in [9.17, 15) is 4.79 Å². The molecular formula is C21H22BrNO2. The number of amides is 1. The summed E-state index contributed by atoms with van der Waals surface area (Å²) in [5.74, 6) is 0.242. The minimum absolute atomic E-state index is 0.242. The van der Waals surface area contributed by atoms with Gasteiger partial charge in [0.05, 0.1) is 5.54 Å². The van der Waals surface area contributed by atoms with Gasteiger partial charge in [-0.3, -0.25) is 4.90 Å². The van der Waals surface area contributed by atoms with E-state index in [0.717, 1.165) is 16.5 Å². The van der Waals surface area contributed by atoms with Gasteiger partial charge in [-0.15, -0.1) is 0 Å². The number of hydrogen-bond donors (Lipinski definition) is 0. The largest absolute Gasteiger partial charge is 0.447 e. The van der Waals surface area contributed by atoms with Crippen molar-refractivity contribution in [2.24, 2.45) is 5.92 Å². The summed E-state index contributed by atoms with van der Waals surface area (Å²) in [6.45, 7) is 4.67. The van der Waals surface area contributed by atoms with Gasteiger partial charge in [0.1, 0.15) is 6.61 Å². The minimum Gasteiger partial charge on any atom is -0.447 e. The van der Waals surface area contributed by atoms with Gasteiger partial charge in [0.15, 0.2) is 0 Å². The zero-order chi connectivity index (χ0) is 17.9. The SMILES string of the molecule is CC(C)[C@@]1(Cc2ccccc2)COC(=O)N1/C=C(\Br)c1ccccc1. The number of benzene rings is 2. The van der Waals surface area contributed by atoms with Crippen LogP contribution in [0.25, 0.3) is 4.48 Å². The number of nitrogens with zero attached hydrogens (tertiary/aromatic N) is 1. The van der Waals surface area contributed by atoms with Gasteiger partial charge >= 0.3 is 6.09 Å². The average Bonchev–Trinajstić information content (AvgIpc) is 2.94. The van der Waals surface area contributed by atoms with E-state index in [-0.39, 0.29) is 12.0 Å². The number of cyclic esters (lactones) is 1. The van der Waals surface area contributed by atoms with Crippen LogP contribution in [0.2, 0.25) is 0 Å². The molecule has 1 aliphatic heterocycles. The van der Waals surface area contributed by atoms with Crippen molar-refractivity contribution in [2.45, 2.75) is 25.8 Å². The lowest BCUT2D eigenvalue weighted by Crippen LogP contribution is -2.50. The maximum atomic E-state index is 12.5. The zero-order valence-corrected chi connectivity index (χ0v) is 16.1. The van der Waals surface area contributed by atoms with Crippen molar-refractivity contribution in [3.8, 4) is 0 Å². The van der Waals surface area contributed by atoms with Gasteiger partial charge in [0, 0.05) is 10.7 Å². The Bertz CT molecular complexity index is 758. The highest BCUT2D eigenvalue weighted by Gasteiger charge is 2.49. The summed E-state index contributed by atoms with van der Waals surface area (Å²) < 4.78 is 6.34. The van der Waals surface area contributed by atoms with Crippen molar-refractivity contribution in [3.05, 3.63) is 78.0 Å². The van der Waals surface area contributed by atoms with Gasteiger partial charge in [0.25, 0.3) is 0 Å². The normalized spacial score (nSPS) is 20.9. The first-order valence-corrected chi connectivity index (χ1v) is 9.25. The summed E-state index contributed by atoms with van der Waals surface area (Å²) in [5.41, 5.74) is 1.83. The molecule has 3 rings (SSSR count). The number of carbonyl (C=O) groups excluding carboxylic acids is 1. The maximum Gasteiger partial charge on any atom is 0.414 e. The molecule has 1 amide bonds. The molecule has 0 radical (unpaired) electrons. The minimum atomic E-state index is -0.397. The van der Waals surface area contributed by atoms with Crippen molar-refractivity contribution in [2.75, 3.05) is 6.61 Å². The van der Waals surface area contributed by atoms with Crippen LogP contribution in [0.1, 0.15) is 25.0 Å². The predicted octanol–water partition coefficient (Wildman–Crippen LogP) is 5.47. The first kappa shape index (κ1) is 17.7. The van der Waals surface area contributed by atoms with E-state index >= 15 is 0 Å². The molecule has 0 N–H and O–H groups in total. The predicted molar refractivity (Wildman–Crippen MR) is 104 cm³/mol. The van der Waals surface area contributed by atoms with E-state index in [1.54, 1.807) is 4.90 Å². The van der Waals surface area contributed by atoms with E-state index < -0.39 is 5.54 Å². The van der Waals surface area contributed by atoms with Gasteiger partial charge in [-0.2, -0.15) is 0 Å². The third kappa shape index (κ3) is 3.64. The summed E-state index contributed by atoms with van der Waals surface area (Å²) in [7, 11) is 0. The molecule has 25 heavy (non-hydrogen) atoms. The van der Waals surface area contributed by atoms with Gasteiger partial charge in [-0.05, 0) is 39.4 Å². The second kappa shape index (κ2) is 7.44. The Morgan fingerprint density at radius 2 is 1.76 bits per heavy atom. The van der Waals surface area contributed by atoms with Gasteiger partial charge in [-0.25, -0.2) is 4.79 Å². The summed E-state index contributed by atoms with van der Waals surface area (Å²) in [5, 5.41) is 0. The molecule has 2 aromatic carbocycles. The fraction of sp³-hybridized carbons (Fsp3) is 0.286. The quantitative estimate of drug-likeness (QED) is 0.666. The zero-order valence-electron chi connectivity index (χ0n) is 14.5. The van der Waals surface area contributed by atoms with Gasteiger partial charge < -0.3 is 4.74 Å². The second-order valence-corrected chi connectivity index (χ2v) is 7.54. The Hall–Kier alpha value is -2.07. The number of ether oxygens (including phenoxy) is 1. The molecule has 0 saturated carbocycles. The third-order valence-corrected chi connectivity index (χ3v) is 5.50. The molecule has 1 aliphatic rings. The summed E-state index contributed by atoms with van der Waals surface area (Å²) >= 11 is 3.62. The molecule has 0 bridgehead atoms. The lowest BCUT2D eigenvalue weighted by atomic mass is 9.80. The van der Waals surface area contributed by atoms with Crippen LogP contribution >= 0.6 is 15.9 Å². The summed E-state index contributed by atoms with van der Waals surface area (Å²) in [6, 6.07) is 20.2. The Labute approximate surface area is 157 Å². The van der Waals surface area contributed by atoms with E-state index in [0.29, 0.717) is 6.61 Å². The molecule has 4 heteroatoms. The molecule has 3 nitrogen and oxygen atoms in total. The van der Waals surface area contributed by atoms with Crippen molar-refractivity contribution in [3.63, 3.8) is 0 Å². The highest BCUT2D eigenvalue weighted by Crippen LogP contribution is 2.37. The van der Waals surface area contributed by atoms with Crippen LogP contribution in [-0.4, -0.2) is 23.1 Å². The first-order valence-electron chi connectivity index (χ1n) is 8.46. The van der Waals surface area contributed by atoms with Crippen LogP contribution in [0.4, 0.5) is 4.79 Å². The molecule has 0 aliphatic carbocycles. The Morgan fingerprint density at radius 3 is 2.36 bits per heavy atom. The lowest BCUT2D eigenvalue weighted by Gasteiger charge is -2.37. The van der Waals surface area contributed by atoms with E-state index in [4.69, 9.17) is 4.74 Å². The lowest BCUT2D eigenvalue weighted by molar-refractivity contribution is 0.152. The third-order valence-electron chi connectivity index (χ3n) is 4.84. The fourth-order valence-electron chi connectivity index (χ4n) is 3.21. The average molecular weight is 400 g/mol. The molecule has 1 heterocycles. The van der Waals surface area contributed by atoms with Crippen molar-refractivity contribution in [1.82, 2.24) is 4.90 Å². The van der Waals surface area contributed by atoms with E-state index in [1.165, 1.54) is 5.56 Å².